The van der Waals surface area contributed by atoms with Crippen molar-refractivity contribution >= 4 is 41.3 Å². The highest BCUT2D eigenvalue weighted by Crippen LogP contribution is 2.29. The average Bonchev–Trinajstić information content (AvgIpc) is 3.34. The van der Waals surface area contributed by atoms with Crippen LogP contribution in [0.4, 0.5) is 13.2 Å². The van der Waals surface area contributed by atoms with Crippen LogP contribution in [0.25, 0.3) is 11.5 Å². The van der Waals surface area contributed by atoms with E-state index >= 15 is 0 Å². The molecule has 6 nitrogen and oxygen atoms in total. The second-order valence-electron chi connectivity index (χ2n) is 6.18. The molecule has 0 unspecified atom stereocenters. The van der Waals surface area contributed by atoms with Crippen molar-refractivity contribution in [3.8, 4) is 11.5 Å². The van der Waals surface area contributed by atoms with Gasteiger partial charge in [-0.3, -0.25) is 0 Å². The molecule has 0 spiro atoms. The van der Waals surface area contributed by atoms with Crippen LogP contribution in [-0.4, -0.2) is 22.5 Å². The van der Waals surface area contributed by atoms with E-state index in [1.807, 2.05) is 38.1 Å². The Morgan fingerprint density at radius 2 is 1.90 bits per heavy atom. The van der Waals surface area contributed by atoms with Crippen LogP contribution < -0.4 is 10.6 Å². The fraction of sp³-hybridized carbons (Fsp3) is 0.316. The van der Waals surface area contributed by atoms with Crippen LogP contribution in [0, 0.1) is 6.92 Å². The smallest absolute Gasteiger partial charge is 0.434 e. The number of nitrogens with one attached hydrogen (secondary N) is 2. The summed E-state index contributed by atoms with van der Waals surface area (Å²) in [5, 5.41) is 7.35. The van der Waals surface area contributed by atoms with Gasteiger partial charge in [0.1, 0.15) is 17.0 Å². The number of hydrogen-bond acceptors (Lipinski definition) is 5. The van der Waals surface area contributed by atoms with E-state index in [1.54, 1.807) is 6.26 Å². The van der Waals surface area contributed by atoms with Gasteiger partial charge in [0, 0.05) is 17.5 Å². The third-order valence-electron chi connectivity index (χ3n) is 3.84. The number of rotatable bonds is 6. The number of aliphatic imine (C=N–C) groups is 1. The third kappa shape index (κ3) is 6.69. The Morgan fingerprint density at radius 3 is 2.53 bits per heavy atom. The van der Waals surface area contributed by atoms with E-state index in [4.69, 9.17) is 4.42 Å². The predicted octanol–water partition coefficient (Wildman–Crippen LogP) is 5.00. The van der Waals surface area contributed by atoms with Gasteiger partial charge in [-0.05, 0) is 26.0 Å². The summed E-state index contributed by atoms with van der Waals surface area (Å²) < 4.78 is 43.4. The molecule has 11 heteroatoms. The van der Waals surface area contributed by atoms with Crippen molar-refractivity contribution in [3.05, 3.63) is 57.9 Å². The van der Waals surface area contributed by atoms with Gasteiger partial charge < -0.3 is 15.1 Å². The van der Waals surface area contributed by atoms with Crippen molar-refractivity contribution in [3.63, 3.8) is 0 Å². The van der Waals surface area contributed by atoms with Crippen molar-refractivity contribution < 1.29 is 17.6 Å². The van der Waals surface area contributed by atoms with Crippen LogP contribution in [0.3, 0.4) is 0 Å². The van der Waals surface area contributed by atoms with Gasteiger partial charge in [-0.1, -0.05) is 17.7 Å². The molecule has 2 N–H and O–H groups in total. The number of oxazole rings is 1. The second-order valence-corrected chi connectivity index (χ2v) is 7.13. The van der Waals surface area contributed by atoms with Gasteiger partial charge in [0.15, 0.2) is 11.7 Å². The maximum Gasteiger partial charge on any atom is 0.434 e. The molecule has 0 bridgehead atoms. The van der Waals surface area contributed by atoms with Crippen molar-refractivity contribution in [2.24, 2.45) is 4.99 Å². The molecule has 3 aromatic rings. The maximum absolute atomic E-state index is 12.6. The first-order valence-corrected chi connectivity index (χ1v) is 9.78. The Balaban J connectivity index is 0.00000320. The Bertz CT molecular complexity index is 969. The summed E-state index contributed by atoms with van der Waals surface area (Å²) in [7, 11) is 0. The molecule has 0 saturated carbocycles. The highest BCUT2D eigenvalue weighted by molar-refractivity contribution is 14.0. The molecule has 2 aromatic heterocycles. The zero-order valence-electron chi connectivity index (χ0n) is 16.3. The molecule has 0 saturated heterocycles. The minimum atomic E-state index is -4.44. The van der Waals surface area contributed by atoms with E-state index in [-0.39, 0.29) is 37.1 Å². The highest BCUT2D eigenvalue weighted by Gasteiger charge is 2.33. The van der Waals surface area contributed by atoms with Gasteiger partial charge in [-0.2, -0.15) is 13.2 Å². The lowest BCUT2D eigenvalue weighted by molar-refractivity contribution is -0.140. The van der Waals surface area contributed by atoms with Crippen LogP contribution >= 0.6 is 35.3 Å². The largest absolute Gasteiger partial charge is 0.444 e. The second kappa shape index (κ2) is 10.8. The molecule has 0 amide bonds. The van der Waals surface area contributed by atoms with E-state index in [1.165, 1.54) is 0 Å². The first kappa shape index (κ1) is 24.1. The monoisotopic (exact) mass is 551 g/mol. The van der Waals surface area contributed by atoms with Gasteiger partial charge in [0.2, 0.25) is 5.89 Å². The average molecular weight is 551 g/mol. The summed E-state index contributed by atoms with van der Waals surface area (Å²) in [6.07, 6.45) is -2.89. The van der Waals surface area contributed by atoms with Gasteiger partial charge in [0.05, 0.1) is 13.1 Å². The number of hydrogen-bond donors (Lipinski definition) is 2. The molecule has 30 heavy (non-hydrogen) atoms. The molecule has 0 aliphatic heterocycles. The Kier molecular flexibility index (Phi) is 8.65. The number of aromatic nitrogens is 2. The Hall–Kier alpha value is -2.15. The fourth-order valence-electron chi connectivity index (χ4n) is 2.39. The number of nitrogens with zero attached hydrogens (tertiary/aromatic N) is 3. The third-order valence-corrected chi connectivity index (χ3v) is 4.69. The van der Waals surface area contributed by atoms with Gasteiger partial charge in [-0.25, -0.2) is 15.0 Å². The normalized spacial score (nSPS) is 11.8. The van der Waals surface area contributed by atoms with E-state index in [2.05, 4.69) is 25.6 Å². The first-order valence-electron chi connectivity index (χ1n) is 8.90. The molecule has 2 heterocycles. The van der Waals surface area contributed by atoms with E-state index in [0.29, 0.717) is 29.1 Å². The number of halogens is 4. The zero-order valence-corrected chi connectivity index (χ0v) is 19.4. The minimum absolute atomic E-state index is 0. The molecular weight excluding hydrogens is 530 g/mol. The molecule has 0 fully saturated rings. The lowest BCUT2D eigenvalue weighted by Crippen LogP contribution is -2.36. The Morgan fingerprint density at radius 1 is 1.17 bits per heavy atom. The summed E-state index contributed by atoms with van der Waals surface area (Å²) in [6.45, 7) is 4.90. The fourth-order valence-corrected chi connectivity index (χ4v) is 3.13. The number of benzene rings is 1. The Labute approximate surface area is 193 Å². The molecular formula is C19H21F3IN5OS. The van der Waals surface area contributed by atoms with Crippen molar-refractivity contribution in [1.82, 2.24) is 20.6 Å². The van der Waals surface area contributed by atoms with Gasteiger partial charge in [-0.15, -0.1) is 35.3 Å². The first-order chi connectivity index (χ1) is 13.8. The highest BCUT2D eigenvalue weighted by atomic mass is 127. The SMILES string of the molecule is CCNC(=NCc1coc(-c2ccc(C)cc2)n1)NCc1nc(C(F)(F)F)cs1.I. The lowest BCUT2D eigenvalue weighted by Gasteiger charge is -2.09. The van der Waals surface area contributed by atoms with E-state index in [0.717, 1.165) is 27.8 Å². The lowest BCUT2D eigenvalue weighted by atomic mass is 10.1. The topological polar surface area (TPSA) is 75.3 Å². The standard InChI is InChI=1S/C19H20F3N5OS.HI/c1-3-23-18(25-9-16-27-15(11-29-16)19(20,21)22)24-8-14-10-28-17(26-14)13-6-4-12(2)5-7-13;/h4-7,10-11H,3,8-9H2,1-2H3,(H2,23,24,25);1H. The maximum atomic E-state index is 12.6. The summed E-state index contributed by atoms with van der Waals surface area (Å²) >= 11 is 0.949. The molecule has 0 aliphatic carbocycles. The molecule has 0 aliphatic rings. The molecule has 3 rings (SSSR count). The van der Waals surface area contributed by atoms with Crippen LogP contribution in [0.15, 0.2) is 45.3 Å². The number of aryl methyl sites for hydroxylation is 1. The summed E-state index contributed by atoms with van der Waals surface area (Å²) in [6, 6.07) is 7.83. The summed E-state index contributed by atoms with van der Waals surface area (Å²) in [4.78, 5) is 12.4. The van der Waals surface area contributed by atoms with Gasteiger partial charge in [0.25, 0.3) is 0 Å². The van der Waals surface area contributed by atoms with E-state index in [9.17, 15) is 13.2 Å². The van der Waals surface area contributed by atoms with Crippen molar-refractivity contribution in [1.29, 1.82) is 0 Å². The molecule has 162 valence electrons. The molecule has 0 atom stereocenters. The number of alkyl halides is 3. The van der Waals surface area contributed by atoms with E-state index < -0.39 is 11.9 Å². The van der Waals surface area contributed by atoms with Crippen LogP contribution in [0.5, 0.6) is 0 Å². The minimum Gasteiger partial charge on any atom is -0.444 e. The predicted molar refractivity (Wildman–Crippen MR) is 121 cm³/mol. The number of guanidine groups is 1. The molecule has 0 radical (unpaired) electrons. The van der Waals surface area contributed by atoms with Crippen LogP contribution in [-0.2, 0) is 19.3 Å². The van der Waals surface area contributed by atoms with Gasteiger partial charge >= 0.3 is 6.18 Å². The summed E-state index contributed by atoms with van der Waals surface area (Å²) in [5.41, 5.74) is 1.79. The molecule has 1 aromatic carbocycles. The summed E-state index contributed by atoms with van der Waals surface area (Å²) in [5.74, 6) is 0.965. The van der Waals surface area contributed by atoms with Crippen molar-refractivity contribution in [2.45, 2.75) is 33.1 Å². The van der Waals surface area contributed by atoms with Crippen molar-refractivity contribution in [2.75, 3.05) is 6.54 Å². The number of thiazole rings is 1. The zero-order chi connectivity index (χ0) is 20.9. The quantitative estimate of drug-likeness (QED) is 0.256. The van der Waals surface area contributed by atoms with Crippen LogP contribution in [0.2, 0.25) is 0 Å². The van der Waals surface area contributed by atoms with Crippen LogP contribution in [0.1, 0.15) is 28.9 Å².